The van der Waals surface area contributed by atoms with E-state index in [2.05, 4.69) is 21.7 Å². The first-order chi connectivity index (χ1) is 9.78. The van der Waals surface area contributed by atoms with Crippen LogP contribution in [0.15, 0.2) is 11.6 Å². The quantitative estimate of drug-likeness (QED) is 0.792. The zero-order chi connectivity index (χ0) is 13.7. The van der Waals surface area contributed by atoms with Crippen LogP contribution in [0.1, 0.15) is 30.3 Å². The van der Waals surface area contributed by atoms with Crippen LogP contribution in [0.3, 0.4) is 0 Å². The number of aldehydes is 1. The maximum absolute atomic E-state index is 11.5. The van der Waals surface area contributed by atoms with Gasteiger partial charge in [-0.2, -0.15) is 0 Å². The average Bonchev–Trinajstić information content (AvgIpc) is 3.10. The lowest BCUT2D eigenvalue weighted by Gasteiger charge is -2.42. The molecule has 2 unspecified atom stereocenters. The third-order valence-electron chi connectivity index (χ3n) is 4.60. The number of hydrogen-bond acceptors (Lipinski definition) is 5. The van der Waals surface area contributed by atoms with Crippen molar-refractivity contribution in [1.29, 1.82) is 0 Å². The van der Waals surface area contributed by atoms with Crippen LogP contribution >= 0.6 is 11.3 Å². The molecule has 0 aromatic carbocycles. The van der Waals surface area contributed by atoms with Gasteiger partial charge in [-0.1, -0.05) is 0 Å². The monoisotopic (exact) mass is 290 g/mol. The Kier molecular flexibility index (Phi) is 2.82. The predicted molar refractivity (Wildman–Crippen MR) is 79.9 cm³/mol. The van der Waals surface area contributed by atoms with Crippen LogP contribution in [0.5, 0.6) is 0 Å². The van der Waals surface area contributed by atoms with E-state index in [9.17, 15) is 4.79 Å². The van der Waals surface area contributed by atoms with E-state index >= 15 is 0 Å². The SMILES string of the molecule is CC1CN2CCCC2CN1c1nc2sccn2c1C=O. The van der Waals surface area contributed by atoms with E-state index < -0.39 is 0 Å². The average molecular weight is 290 g/mol. The highest BCUT2D eigenvalue weighted by atomic mass is 32.1. The van der Waals surface area contributed by atoms with Gasteiger partial charge in [0, 0.05) is 36.8 Å². The standard InChI is InChI=1S/C14H18N4OS/c1-10-7-16-4-2-3-11(16)8-18(10)13-12(9-19)17-5-6-20-14(17)15-13/h5-6,9-11H,2-4,7-8H2,1H3. The number of carbonyl (C=O) groups excluding carboxylic acids is 1. The van der Waals surface area contributed by atoms with E-state index in [4.69, 9.17) is 0 Å². The highest BCUT2D eigenvalue weighted by Crippen LogP contribution is 2.31. The van der Waals surface area contributed by atoms with Crippen LogP contribution in [0.2, 0.25) is 0 Å². The van der Waals surface area contributed by atoms with Crippen molar-refractivity contribution >= 4 is 28.4 Å². The Labute approximate surface area is 121 Å². The van der Waals surface area contributed by atoms with Crippen LogP contribution in [-0.2, 0) is 0 Å². The molecule has 0 bridgehead atoms. The third-order valence-corrected chi connectivity index (χ3v) is 5.36. The van der Waals surface area contributed by atoms with Crippen molar-refractivity contribution in [3.63, 3.8) is 0 Å². The fourth-order valence-electron chi connectivity index (χ4n) is 3.60. The van der Waals surface area contributed by atoms with Crippen molar-refractivity contribution in [2.75, 3.05) is 24.5 Å². The number of nitrogens with zero attached hydrogens (tertiary/aromatic N) is 4. The van der Waals surface area contributed by atoms with Crippen LogP contribution in [0, 0.1) is 0 Å². The molecule has 20 heavy (non-hydrogen) atoms. The minimum atomic E-state index is 0.410. The molecule has 106 valence electrons. The predicted octanol–water partition coefficient (Wildman–Crippen LogP) is 1.88. The van der Waals surface area contributed by atoms with Crippen molar-refractivity contribution in [3.05, 3.63) is 17.3 Å². The molecule has 0 spiro atoms. The summed E-state index contributed by atoms with van der Waals surface area (Å²) in [5, 5.41) is 1.97. The van der Waals surface area contributed by atoms with Gasteiger partial charge in [-0.05, 0) is 26.3 Å². The number of piperazine rings is 1. The van der Waals surface area contributed by atoms with Gasteiger partial charge < -0.3 is 4.90 Å². The van der Waals surface area contributed by atoms with Gasteiger partial charge in [0.25, 0.3) is 0 Å². The smallest absolute Gasteiger partial charge is 0.196 e. The summed E-state index contributed by atoms with van der Waals surface area (Å²) >= 11 is 1.58. The topological polar surface area (TPSA) is 40.9 Å². The molecular formula is C14H18N4OS. The molecule has 0 N–H and O–H groups in total. The summed E-state index contributed by atoms with van der Waals surface area (Å²) in [5.41, 5.74) is 0.694. The highest BCUT2D eigenvalue weighted by molar-refractivity contribution is 7.15. The van der Waals surface area contributed by atoms with Gasteiger partial charge in [0.2, 0.25) is 0 Å². The molecule has 2 saturated heterocycles. The fourth-order valence-corrected chi connectivity index (χ4v) is 4.31. The molecule has 6 heteroatoms. The molecule has 2 aliphatic rings. The van der Waals surface area contributed by atoms with E-state index in [1.54, 1.807) is 11.3 Å². The van der Waals surface area contributed by atoms with E-state index in [-0.39, 0.29) is 0 Å². The zero-order valence-corrected chi connectivity index (χ0v) is 12.3. The maximum Gasteiger partial charge on any atom is 0.196 e. The van der Waals surface area contributed by atoms with Crippen LogP contribution in [0.25, 0.3) is 4.96 Å². The Bertz CT molecular complexity index is 649. The van der Waals surface area contributed by atoms with E-state index in [1.807, 2.05) is 16.0 Å². The molecule has 0 radical (unpaired) electrons. The number of carbonyl (C=O) groups is 1. The second kappa shape index (κ2) is 4.56. The molecule has 2 aromatic heterocycles. The molecule has 2 fully saturated rings. The summed E-state index contributed by atoms with van der Waals surface area (Å²) in [7, 11) is 0. The van der Waals surface area contributed by atoms with E-state index in [1.165, 1.54) is 19.4 Å². The number of imidazole rings is 1. The van der Waals surface area contributed by atoms with Gasteiger partial charge in [-0.15, -0.1) is 11.3 Å². The summed E-state index contributed by atoms with van der Waals surface area (Å²) in [6.07, 6.45) is 5.43. The maximum atomic E-state index is 11.5. The van der Waals surface area contributed by atoms with Crippen LogP contribution in [-0.4, -0.2) is 52.3 Å². The van der Waals surface area contributed by atoms with E-state index in [0.717, 1.165) is 30.2 Å². The minimum absolute atomic E-state index is 0.410. The molecule has 2 aliphatic heterocycles. The molecule has 0 amide bonds. The molecular weight excluding hydrogens is 272 g/mol. The van der Waals surface area contributed by atoms with Crippen LogP contribution in [0.4, 0.5) is 5.82 Å². The lowest BCUT2D eigenvalue weighted by atomic mass is 10.1. The molecule has 2 atom stereocenters. The molecule has 0 aliphatic carbocycles. The Balaban J connectivity index is 1.74. The molecule has 2 aromatic rings. The van der Waals surface area contributed by atoms with Crippen molar-refractivity contribution in [2.45, 2.75) is 31.8 Å². The summed E-state index contributed by atoms with van der Waals surface area (Å²) in [4.78, 5) is 22.0. The van der Waals surface area contributed by atoms with Crippen molar-refractivity contribution in [1.82, 2.24) is 14.3 Å². The zero-order valence-electron chi connectivity index (χ0n) is 11.5. The normalized spacial score (nSPS) is 27.1. The summed E-state index contributed by atoms with van der Waals surface area (Å²) in [5.74, 6) is 0.867. The summed E-state index contributed by atoms with van der Waals surface area (Å²) < 4.78 is 1.90. The Morgan fingerprint density at radius 1 is 1.45 bits per heavy atom. The first-order valence-corrected chi connectivity index (χ1v) is 8.07. The van der Waals surface area contributed by atoms with Gasteiger partial charge in [0.15, 0.2) is 17.1 Å². The van der Waals surface area contributed by atoms with Gasteiger partial charge in [-0.25, -0.2) is 4.98 Å². The second-order valence-corrected chi connectivity index (χ2v) is 6.66. The molecule has 0 saturated carbocycles. The highest BCUT2D eigenvalue weighted by Gasteiger charge is 2.36. The Morgan fingerprint density at radius 3 is 3.20 bits per heavy atom. The second-order valence-electron chi connectivity index (χ2n) is 5.79. The number of anilines is 1. The lowest BCUT2D eigenvalue weighted by Crippen LogP contribution is -2.55. The van der Waals surface area contributed by atoms with Gasteiger partial charge in [0.1, 0.15) is 5.69 Å². The van der Waals surface area contributed by atoms with Gasteiger partial charge in [-0.3, -0.25) is 14.1 Å². The van der Waals surface area contributed by atoms with E-state index in [0.29, 0.717) is 17.8 Å². The van der Waals surface area contributed by atoms with Crippen molar-refractivity contribution < 1.29 is 4.79 Å². The number of hydrogen-bond donors (Lipinski definition) is 0. The minimum Gasteiger partial charge on any atom is -0.349 e. The van der Waals surface area contributed by atoms with Crippen molar-refractivity contribution in [2.24, 2.45) is 0 Å². The first kappa shape index (κ1) is 12.3. The summed E-state index contributed by atoms with van der Waals surface area (Å²) in [6, 6.07) is 1.04. The van der Waals surface area contributed by atoms with Gasteiger partial charge >= 0.3 is 0 Å². The number of rotatable bonds is 2. The van der Waals surface area contributed by atoms with Gasteiger partial charge in [0.05, 0.1) is 0 Å². The number of fused-ring (bicyclic) bond motifs is 2. The fraction of sp³-hybridized carbons (Fsp3) is 0.571. The number of aromatic nitrogens is 2. The Hall–Kier alpha value is -1.40. The third kappa shape index (κ3) is 1.71. The first-order valence-electron chi connectivity index (χ1n) is 7.19. The molecule has 4 heterocycles. The number of thiazole rings is 1. The molecule has 5 nitrogen and oxygen atoms in total. The Morgan fingerprint density at radius 2 is 2.35 bits per heavy atom. The van der Waals surface area contributed by atoms with Crippen LogP contribution < -0.4 is 4.90 Å². The largest absolute Gasteiger partial charge is 0.349 e. The van der Waals surface area contributed by atoms with Crippen molar-refractivity contribution in [3.8, 4) is 0 Å². The summed E-state index contributed by atoms with van der Waals surface area (Å²) in [6.45, 7) is 5.53. The molecule has 4 rings (SSSR count). The lowest BCUT2D eigenvalue weighted by molar-refractivity contribution is 0.111.